The number of carbonyl (C=O) groups is 1. The van der Waals surface area contributed by atoms with E-state index in [0.29, 0.717) is 13.2 Å². The summed E-state index contributed by atoms with van der Waals surface area (Å²) in [6.45, 7) is 2.26. The molecule has 1 unspecified atom stereocenters. The third-order valence-electron chi connectivity index (χ3n) is 7.02. The Kier molecular flexibility index (Phi) is 6.23. The molecule has 0 radical (unpaired) electrons. The van der Waals surface area contributed by atoms with E-state index in [1.807, 2.05) is 18.2 Å². The molecule has 6 nitrogen and oxygen atoms in total. The van der Waals surface area contributed by atoms with Crippen LogP contribution in [0.15, 0.2) is 53.9 Å². The Bertz CT molecular complexity index is 1430. The number of fused-ring (bicyclic) bond motifs is 3. The number of anilines is 1. The molecule has 0 amide bonds. The van der Waals surface area contributed by atoms with Crippen molar-refractivity contribution in [3.8, 4) is 11.5 Å². The first-order chi connectivity index (χ1) is 17.6. The molecule has 7 heteroatoms. The lowest BCUT2D eigenvalue weighted by Crippen LogP contribution is -2.14. The van der Waals surface area contributed by atoms with Gasteiger partial charge in [-0.2, -0.15) is 0 Å². The normalized spacial score (nSPS) is 15.0. The summed E-state index contributed by atoms with van der Waals surface area (Å²) in [5.74, 6) is 0.647. The number of pyridine rings is 1. The summed E-state index contributed by atoms with van der Waals surface area (Å²) >= 11 is 1.63. The first-order valence-electron chi connectivity index (χ1n) is 12.5. The molecule has 0 fully saturated rings. The number of carboxylic acids is 1. The van der Waals surface area contributed by atoms with Gasteiger partial charge in [-0.15, -0.1) is 11.3 Å². The molecule has 2 aromatic heterocycles. The first-order valence-corrected chi connectivity index (χ1v) is 13.4. The smallest absolute Gasteiger partial charge is 0.304 e. The largest absolute Gasteiger partial charge is 0.493 e. The minimum Gasteiger partial charge on any atom is -0.493 e. The fourth-order valence-corrected chi connectivity index (χ4v) is 6.20. The minimum atomic E-state index is -0.813. The van der Waals surface area contributed by atoms with E-state index in [9.17, 15) is 9.90 Å². The molecule has 1 atom stereocenters. The molecule has 184 valence electrons. The number of aromatic nitrogens is 1. The Morgan fingerprint density at radius 2 is 2.11 bits per heavy atom. The lowest BCUT2D eigenvalue weighted by atomic mass is 9.87. The van der Waals surface area contributed by atoms with E-state index in [1.54, 1.807) is 11.3 Å². The highest BCUT2D eigenvalue weighted by Gasteiger charge is 2.24. The Morgan fingerprint density at radius 1 is 1.17 bits per heavy atom. The molecule has 4 heterocycles. The molecule has 2 aromatic carbocycles. The maximum absolute atomic E-state index is 11.8. The third kappa shape index (κ3) is 4.63. The molecule has 0 saturated carbocycles. The molecule has 36 heavy (non-hydrogen) atoms. The molecule has 2 aliphatic heterocycles. The van der Waals surface area contributed by atoms with Crippen molar-refractivity contribution < 1.29 is 19.4 Å². The van der Waals surface area contributed by atoms with Crippen LogP contribution in [0.1, 0.15) is 46.8 Å². The Balaban J connectivity index is 1.19. The molecule has 2 N–H and O–H groups in total. The fraction of sp³-hybridized carbons (Fsp3) is 0.310. The van der Waals surface area contributed by atoms with E-state index in [0.717, 1.165) is 82.0 Å². The molecule has 6 rings (SSSR count). The van der Waals surface area contributed by atoms with E-state index in [2.05, 4.69) is 41.0 Å². The summed E-state index contributed by atoms with van der Waals surface area (Å²) in [6.07, 6.45) is 3.84. The zero-order valence-corrected chi connectivity index (χ0v) is 20.8. The lowest BCUT2D eigenvalue weighted by molar-refractivity contribution is -0.137. The highest BCUT2D eigenvalue weighted by atomic mass is 32.1. The number of aliphatic carboxylic acids is 1. The zero-order valence-electron chi connectivity index (χ0n) is 20.0. The summed E-state index contributed by atoms with van der Waals surface area (Å²) in [6, 6.07) is 16.4. The van der Waals surface area contributed by atoms with Gasteiger partial charge in [-0.3, -0.25) is 9.78 Å². The molecule has 0 aliphatic carbocycles. The number of benzene rings is 2. The summed E-state index contributed by atoms with van der Waals surface area (Å²) in [7, 11) is 0. The van der Waals surface area contributed by atoms with E-state index in [-0.39, 0.29) is 12.3 Å². The second kappa shape index (κ2) is 9.82. The highest BCUT2D eigenvalue weighted by Crippen LogP contribution is 2.40. The van der Waals surface area contributed by atoms with Gasteiger partial charge in [-0.1, -0.05) is 12.1 Å². The van der Waals surface area contributed by atoms with E-state index in [4.69, 9.17) is 14.5 Å². The number of carboxylic acid groups (broad SMARTS) is 1. The predicted molar refractivity (Wildman–Crippen MR) is 142 cm³/mol. The van der Waals surface area contributed by atoms with Gasteiger partial charge in [-0.25, -0.2) is 0 Å². The van der Waals surface area contributed by atoms with Gasteiger partial charge in [0.05, 0.1) is 31.0 Å². The van der Waals surface area contributed by atoms with Crippen LogP contribution in [0.25, 0.3) is 10.1 Å². The molecular formula is C29H28N2O4S. The molecule has 4 aromatic rings. The number of hydrogen-bond donors (Lipinski definition) is 2. The van der Waals surface area contributed by atoms with Crippen LogP contribution in [-0.2, 0) is 24.1 Å². The van der Waals surface area contributed by atoms with Gasteiger partial charge < -0.3 is 19.9 Å². The van der Waals surface area contributed by atoms with Crippen LogP contribution < -0.4 is 14.8 Å². The summed E-state index contributed by atoms with van der Waals surface area (Å²) < 4.78 is 12.9. The maximum Gasteiger partial charge on any atom is 0.304 e. The van der Waals surface area contributed by atoms with Crippen LogP contribution in [0, 0.1) is 0 Å². The monoisotopic (exact) mass is 500 g/mol. The topological polar surface area (TPSA) is 80.7 Å². The summed E-state index contributed by atoms with van der Waals surface area (Å²) in [5, 5.41) is 16.2. The van der Waals surface area contributed by atoms with E-state index < -0.39 is 5.97 Å². The lowest BCUT2D eigenvalue weighted by Gasteiger charge is -2.17. The van der Waals surface area contributed by atoms with Gasteiger partial charge in [-0.05, 0) is 76.7 Å². The van der Waals surface area contributed by atoms with Crippen molar-refractivity contribution >= 4 is 33.1 Å². The van der Waals surface area contributed by atoms with E-state index in [1.165, 1.54) is 5.56 Å². The van der Waals surface area contributed by atoms with Gasteiger partial charge >= 0.3 is 5.97 Å². The molecule has 0 bridgehead atoms. The van der Waals surface area contributed by atoms with Gasteiger partial charge in [0.2, 0.25) is 0 Å². The van der Waals surface area contributed by atoms with Crippen molar-refractivity contribution in [2.45, 2.75) is 38.0 Å². The second-order valence-corrected chi connectivity index (χ2v) is 10.3. The number of nitrogens with zero attached hydrogens (tertiary/aromatic N) is 1. The first kappa shape index (κ1) is 22.9. The van der Waals surface area contributed by atoms with Gasteiger partial charge in [0.1, 0.15) is 11.5 Å². The average Bonchev–Trinajstić information content (AvgIpc) is 3.53. The Labute approximate surface area is 213 Å². The zero-order chi connectivity index (χ0) is 24.5. The maximum atomic E-state index is 11.8. The van der Waals surface area contributed by atoms with Crippen LogP contribution >= 0.6 is 11.3 Å². The molecule has 0 spiro atoms. The molecule has 0 saturated heterocycles. The van der Waals surface area contributed by atoms with Gasteiger partial charge in [0.25, 0.3) is 0 Å². The van der Waals surface area contributed by atoms with Crippen LogP contribution in [0.5, 0.6) is 11.5 Å². The predicted octanol–water partition coefficient (Wildman–Crippen LogP) is 5.82. The van der Waals surface area contributed by atoms with Crippen molar-refractivity contribution in [2.75, 3.05) is 25.1 Å². The fourth-order valence-electron chi connectivity index (χ4n) is 5.16. The van der Waals surface area contributed by atoms with Crippen molar-refractivity contribution in [1.29, 1.82) is 0 Å². The minimum absolute atomic E-state index is 0.0339. The van der Waals surface area contributed by atoms with E-state index >= 15 is 0 Å². The van der Waals surface area contributed by atoms with Crippen LogP contribution in [0.2, 0.25) is 0 Å². The molecular weight excluding hydrogens is 472 g/mol. The third-order valence-corrected chi connectivity index (χ3v) is 7.98. The van der Waals surface area contributed by atoms with Crippen molar-refractivity contribution in [1.82, 2.24) is 4.98 Å². The SMILES string of the molecule is O=C(O)CC(c1ccc2c(c1)OCC2)c1csc2cc(OCCc3ccc4c(n3)CCCN4)ccc12. The number of thiophene rings is 1. The number of nitrogens with one attached hydrogen (secondary N) is 1. The van der Waals surface area contributed by atoms with Crippen molar-refractivity contribution in [3.05, 3.63) is 82.0 Å². The highest BCUT2D eigenvalue weighted by molar-refractivity contribution is 7.17. The van der Waals surface area contributed by atoms with Crippen molar-refractivity contribution in [3.63, 3.8) is 0 Å². The standard InChI is InChI=1S/C29H28N2O4S/c32-29(33)16-23(19-4-3-18-9-12-35-27(18)14-19)24-17-36-28-15-21(6-7-22(24)28)34-13-10-20-5-8-25-26(31-20)2-1-11-30-25/h3-8,14-15,17,23,30H,1-2,9-13,16H2,(H,32,33). The Hall–Kier alpha value is -3.58. The molecule has 2 aliphatic rings. The Morgan fingerprint density at radius 3 is 3.03 bits per heavy atom. The average molecular weight is 501 g/mol. The number of ether oxygens (including phenoxy) is 2. The van der Waals surface area contributed by atoms with Crippen molar-refractivity contribution in [2.24, 2.45) is 0 Å². The number of hydrogen-bond acceptors (Lipinski definition) is 6. The second-order valence-electron chi connectivity index (χ2n) is 9.39. The van der Waals surface area contributed by atoms with Gasteiger partial charge in [0, 0.05) is 35.7 Å². The summed E-state index contributed by atoms with van der Waals surface area (Å²) in [4.78, 5) is 16.6. The van der Waals surface area contributed by atoms with Gasteiger partial charge in [0.15, 0.2) is 0 Å². The van der Waals surface area contributed by atoms with Crippen LogP contribution in [0.4, 0.5) is 5.69 Å². The summed E-state index contributed by atoms with van der Waals surface area (Å²) in [5.41, 5.74) is 6.55. The number of aryl methyl sites for hydroxylation is 1. The van der Waals surface area contributed by atoms with Crippen LogP contribution in [-0.4, -0.2) is 35.8 Å². The number of rotatable bonds is 8. The quantitative estimate of drug-likeness (QED) is 0.317. The van der Waals surface area contributed by atoms with Crippen LogP contribution in [0.3, 0.4) is 0 Å².